The highest BCUT2D eigenvalue weighted by Crippen LogP contribution is 2.43. The molecule has 0 spiro atoms. The van der Waals surface area contributed by atoms with Gasteiger partial charge in [-0.25, -0.2) is 4.98 Å². The van der Waals surface area contributed by atoms with E-state index >= 15 is 0 Å². The molecule has 0 N–H and O–H groups in total. The summed E-state index contributed by atoms with van der Waals surface area (Å²) in [4.78, 5) is 4.10. The third kappa shape index (κ3) is 1.67. The zero-order valence-corrected chi connectivity index (χ0v) is 9.01. The van der Waals surface area contributed by atoms with Gasteiger partial charge in [0, 0.05) is 11.6 Å². The van der Waals surface area contributed by atoms with Crippen molar-refractivity contribution in [1.82, 2.24) is 10.1 Å². The lowest BCUT2D eigenvalue weighted by Gasteiger charge is -2.09. The van der Waals surface area contributed by atoms with Crippen LogP contribution in [0.25, 0.3) is 11.1 Å². The number of pyridine rings is 1. The maximum absolute atomic E-state index is 12.9. The van der Waals surface area contributed by atoms with Crippen LogP contribution in [0.1, 0.15) is 35.7 Å². The van der Waals surface area contributed by atoms with Crippen molar-refractivity contribution < 1.29 is 17.7 Å². The molecule has 3 nitrogen and oxygen atoms in total. The molecular weight excluding hydrogens is 233 g/mol. The highest BCUT2D eigenvalue weighted by Gasteiger charge is 2.37. The maximum atomic E-state index is 12.9. The summed E-state index contributed by atoms with van der Waals surface area (Å²) in [6.45, 7) is 1.49. The minimum Gasteiger partial charge on any atom is -0.336 e. The molecule has 2 heterocycles. The highest BCUT2D eigenvalue weighted by atomic mass is 19.4. The Morgan fingerprint density at radius 2 is 2.06 bits per heavy atom. The van der Waals surface area contributed by atoms with Gasteiger partial charge in [-0.2, -0.15) is 13.2 Å². The van der Waals surface area contributed by atoms with Crippen LogP contribution < -0.4 is 0 Å². The molecule has 90 valence electrons. The molecule has 2 aromatic heterocycles. The van der Waals surface area contributed by atoms with Gasteiger partial charge in [0.25, 0.3) is 5.71 Å². The third-order valence-electron chi connectivity index (χ3n) is 2.94. The van der Waals surface area contributed by atoms with E-state index in [0.29, 0.717) is 5.69 Å². The van der Waals surface area contributed by atoms with Gasteiger partial charge in [0.05, 0.1) is 16.6 Å². The average Bonchev–Trinajstić information content (AvgIpc) is 3.02. The smallest absolute Gasteiger partial charge is 0.336 e. The Balaban J connectivity index is 2.31. The standard InChI is InChI=1S/C11H9F3N2O/c1-5-9-7(11(12,13)14)4-8(6-2-3-6)15-10(9)17-16-5/h4,6H,2-3H2,1H3. The van der Waals surface area contributed by atoms with Crippen LogP contribution in [0.3, 0.4) is 0 Å². The molecule has 1 aliphatic rings. The van der Waals surface area contributed by atoms with E-state index in [2.05, 4.69) is 10.1 Å². The van der Waals surface area contributed by atoms with E-state index in [-0.39, 0.29) is 22.7 Å². The van der Waals surface area contributed by atoms with Crippen LogP contribution in [-0.4, -0.2) is 10.1 Å². The lowest BCUT2D eigenvalue weighted by atomic mass is 10.1. The molecule has 0 bridgehead atoms. The van der Waals surface area contributed by atoms with Gasteiger partial charge >= 0.3 is 6.18 Å². The Morgan fingerprint density at radius 1 is 1.35 bits per heavy atom. The lowest BCUT2D eigenvalue weighted by molar-refractivity contribution is -0.136. The van der Waals surface area contributed by atoms with Crippen molar-refractivity contribution in [2.75, 3.05) is 0 Å². The fraction of sp³-hybridized carbons (Fsp3) is 0.455. The van der Waals surface area contributed by atoms with Crippen LogP contribution in [0.5, 0.6) is 0 Å². The molecule has 17 heavy (non-hydrogen) atoms. The predicted octanol–water partition coefficient (Wildman–Crippen LogP) is 3.43. The summed E-state index contributed by atoms with van der Waals surface area (Å²) in [6.07, 6.45) is -2.62. The Bertz CT molecular complexity index is 584. The van der Waals surface area contributed by atoms with Gasteiger partial charge in [-0.3, -0.25) is 0 Å². The number of halogens is 3. The number of fused-ring (bicyclic) bond motifs is 1. The summed E-state index contributed by atoms with van der Waals surface area (Å²) in [5, 5.41) is 3.53. The number of alkyl halides is 3. The first-order valence-corrected chi connectivity index (χ1v) is 5.31. The van der Waals surface area contributed by atoms with Gasteiger partial charge in [-0.1, -0.05) is 5.16 Å². The average molecular weight is 242 g/mol. The molecule has 3 rings (SSSR count). The number of rotatable bonds is 1. The van der Waals surface area contributed by atoms with Crippen molar-refractivity contribution in [2.24, 2.45) is 0 Å². The number of hydrogen-bond donors (Lipinski definition) is 0. The molecule has 0 aromatic carbocycles. The molecule has 1 fully saturated rings. The Morgan fingerprint density at radius 3 is 2.65 bits per heavy atom. The molecular formula is C11H9F3N2O. The minimum absolute atomic E-state index is 0.0146. The largest absolute Gasteiger partial charge is 0.417 e. The van der Waals surface area contributed by atoms with Gasteiger partial charge in [-0.15, -0.1) is 0 Å². The van der Waals surface area contributed by atoms with E-state index in [0.717, 1.165) is 18.9 Å². The van der Waals surface area contributed by atoms with E-state index in [4.69, 9.17) is 4.52 Å². The maximum Gasteiger partial charge on any atom is 0.417 e. The van der Waals surface area contributed by atoms with E-state index in [1.807, 2.05) is 0 Å². The highest BCUT2D eigenvalue weighted by molar-refractivity contribution is 5.80. The van der Waals surface area contributed by atoms with Crippen LogP contribution >= 0.6 is 0 Å². The van der Waals surface area contributed by atoms with Crippen molar-refractivity contribution >= 4 is 11.1 Å². The quantitative estimate of drug-likeness (QED) is 0.769. The zero-order valence-electron chi connectivity index (χ0n) is 9.01. The summed E-state index contributed by atoms with van der Waals surface area (Å²) in [6, 6.07) is 1.13. The van der Waals surface area contributed by atoms with Gasteiger partial charge in [-0.05, 0) is 25.8 Å². The van der Waals surface area contributed by atoms with Gasteiger partial charge in [0.15, 0.2) is 0 Å². The Kier molecular flexibility index (Phi) is 1.99. The molecule has 0 aliphatic heterocycles. The van der Waals surface area contributed by atoms with E-state index in [9.17, 15) is 13.2 Å². The van der Waals surface area contributed by atoms with Gasteiger partial charge in [0.1, 0.15) is 0 Å². The summed E-state index contributed by atoms with van der Waals surface area (Å²) < 4.78 is 43.7. The Labute approximate surface area is 94.6 Å². The van der Waals surface area contributed by atoms with Gasteiger partial charge in [0.2, 0.25) is 0 Å². The number of hydrogen-bond acceptors (Lipinski definition) is 3. The normalized spacial score (nSPS) is 16.7. The molecule has 1 saturated carbocycles. The molecule has 0 amide bonds. The molecule has 2 aromatic rings. The van der Waals surface area contributed by atoms with E-state index in [1.165, 1.54) is 6.92 Å². The molecule has 0 atom stereocenters. The SMILES string of the molecule is Cc1noc2nc(C3CC3)cc(C(F)(F)F)c12. The number of nitrogens with zero attached hydrogens (tertiary/aromatic N) is 2. The first-order chi connectivity index (χ1) is 7.97. The lowest BCUT2D eigenvalue weighted by Crippen LogP contribution is -2.07. The van der Waals surface area contributed by atoms with Crippen LogP contribution in [-0.2, 0) is 6.18 Å². The molecule has 0 unspecified atom stereocenters. The molecule has 1 aliphatic carbocycles. The van der Waals surface area contributed by atoms with Crippen molar-refractivity contribution in [3.05, 3.63) is 23.0 Å². The van der Waals surface area contributed by atoms with Crippen molar-refractivity contribution in [2.45, 2.75) is 31.9 Å². The molecule has 0 radical (unpaired) electrons. The Hall–Kier alpha value is -1.59. The van der Waals surface area contributed by atoms with Gasteiger partial charge < -0.3 is 4.52 Å². The predicted molar refractivity (Wildman–Crippen MR) is 53.5 cm³/mol. The third-order valence-corrected chi connectivity index (χ3v) is 2.94. The first-order valence-electron chi connectivity index (χ1n) is 5.31. The van der Waals surface area contributed by atoms with E-state index < -0.39 is 11.7 Å². The summed E-state index contributed by atoms with van der Waals surface area (Å²) in [5.41, 5.74) is -0.0227. The van der Waals surface area contributed by atoms with Crippen LogP contribution in [0.2, 0.25) is 0 Å². The first kappa shape index (κ1) is 10.6. The van der Waals surface area contributed by atoms with Crippen LogP contribution in [0.15, 0.2) is 10.6 Å². The second-order valence-electron chi connectivity index (χ2n) is 4.31. The fourth-order valence-corrected chi connectivity index (χ4v) is 1.93. The second-order valence-corrected chi connectivity index (χ2v) is 4.31. The minimum atomic E-state index is -4.40. The number of aryl methyl sites for hydroxylation is 1. The van der Waals surface area contributed by atoms with E-state index in [1.54, 1.807) is 0 Å². The van der Waals surface area contributed by atoms with Crippen molar-refractivity contribution in [3.8, 4) is 0 Å². The van der Waals surface area contributed by atoms with Crippen LogP contribution in [0.4, 0.5) is 13.2 Å². The molecule has 0 saturated heterocycles. The van der Waals surface area contributed by atoms with Crippen molar-refractivity contribution in [1.29, 1.82) is 0 Å². The van der Waals surface area contributed by atoms with Crippen LogP contribution in [0, 0.1) is 6.92 Å². The summed E-state index contributed by atoms with van der Waals surface area (Å²) in [5.74, 6) is 0.144. The molecule has 6 heteroatoms. The fourth-order valence-electron chi connectivity index (χ4n) is 1.93. The zero-order chi connectivity index (χ0) is 12.2. The topological polar surface area (TPSA) is 38.9 Å². The number of aromatic nitrogens is 2. The summed E-state index contributed by atoms with van der Waals surface area (Å²) >= 11 is 0. The monoisotopic (exact) mass is 242 g/mol. The summed E-state index contributed by atoms with van der Waals surface area (Å²) in [7, 11) is 0. The second kappa shape index (κ2) is 3.21. The van der Waals surface area contributed by atoms with Crippen molar-refractivity contribution in [3.63, 3.8) is 0 Å².